The molecule has 0 saturated carbocycles. The van der Waals surface area contributed by atoms with E-state index in [0.717, 1.165) is 10.1 Å². The molecule has 3 aromatic rings. The summed E-state index contributed by atoms with van der Waals surface area (Å²) in [5.41, 5.74) is 1.77. The number of benzene rings is 1. The van der Waals surface area contributed by atoms with Gasteiger partial charge in [0.25, 0.3) is 0 Å². The number of aromatic nitrogens is 4. The standard InChI is InChI=1S/C16H13F3N6/c1-24(10-12-4-2-11(9-20)3-5-12)14-7-6-13-21-22-15(25(13)23-14)8-16(17,18)19/h2-7H,8,10H2,1H3. The van der Waals surface area contributed by atoms with E-state index in [0.29, 0.717) is 17.9 Å². The minimum Gasteiger partial charge on any atom is -0.354 e. The van der Waals surface area contributed by atoms with E-state index >= 15 is 0 Å². The SMILES string of the molecule is CN(Cc1ccc(C#N)cc1)c1ccc2nnc(CC(F)(F)F)n2n1. The summed E-state index contributed by atoms with van der Waals surface area (Å²) in [7, 11) is 1.78. The molecule has 0 spiro atoms. The van der Waals surface area contributed by atoms with E-state index in [1.54, 1.807) is 36.2 Å². The molecule has 2 heterocycles. The third-order valence-electron chi connectivity index (χ3n) is 3.57. The van der Waals surface area contributed by atoms with Gasteiger partial charge in [0.1, 0.15) is 12.2 Å². The highest BCUT2D eigenvalue weighted by molar-refractivity contribution is 5.46. The summed E-state index contributed by atoms with van der Waals surface area (Å²) in [5, 5.41) is 20.3. The number of nitriles is 1. The summed E-state index contributed by atoms with van der Waals surface area (Å²) in [6.07, 6.45) is -5.57. The minimum absolute atomic E-state index is 0.254. The topological polar surface area (TPSA) is 70.1 Å². The van der Waals surface area contributed by atoms with Crippen LogP contribution < -0.4 is 4.90 Å². The van der Waals surface area contributed by atoms with Crippen LogP contribution in [0.4, 0.5) is 19.0 Å². The third kappa shape index (κ3) is 3.85. The molecule has 0 atom stereocenters. The lowest BCUT2D eigenvalue weighted by Gasteiger charge is -2.18. The summed E-state index contributed by atoms with van der Waals surface area (Å²) in [4.78, 5) is 1.79. The van der Waals surface area contributed by atoms with Gasteiger partial charge < -0.3 is 4.90 Å². The molecule has 0 saturated heterocycles. The molecule has 25 heavy (non-hydrogen) atoms. The van der Waals surface area contributed by atoms with E-state index in [2.05, 4.69) is 15.3 Å². The molecule has 6 nitrogen and oxygen atoms in total. The molecule has 1 aromatic carbocycles. The molecule has 2 aromatic heterocycles. The van der Waals surface area contributed by atoms with Crippen molar-refractivity contribution < 1.29 is 13.2 Å². The quantitative estimate of drug-likeness (QED) is 0.726. The van der Waals surface area contributed by atoms with Crippen LogP contribution in [-0.2, 0) is 13.0 Å². The van der Waals surface area contributed by atoms with Gasteiger partial charge in [0.2, 0.25) is 0 Å². The maximum atomic E-state index is 12.6. The molecule has 0 amide bonds. The first-order valence-electron chi connectivity index (χ1n) is 7.34. The van der Waals surface area contributed by atoms with Crippen LogP contribution in [0.1, 0.15) is 17.0 Å². The highest BCUT2D eigenvalue weighted by Gasteiger charge is 2.31. The normalized spacial score (nSPS) is 11.5. The summed E-state index contributed by atoms with van der Waals surface area (Å²) < 4.78 is 38.9. The second-order valence-corrected chi connectivity index (χ2v) is 5.53. The van der Waals surface area contributed by atoms with Crippen molar-refractivity contribution in [3.8, 4) is 6.07 Å². The molecule has 0 unspecified atom stereocenters. The van der Waals surface area contributed by atoms with E-state index in [4.69, 9.17) is 5.26 Å². The fraction of sp³-hybridized carbons (Fsp3) is 0.250. The molecule has 0 bridgehead atoms. The lowest BCUT2D eigenvalue weighted by molar-refractivity contribution is -0.128. The summed E-state index contributed by atoms with van der Waals surface area (Å²) in [6, 6.07) is 12.4. The highest BCUT2D eigenvalue weighted by Crippen LogP contribution is 2.21. The molecule has 3 rings (SSSR count). The molecule has 0 radical (unpaired) electrons. The van der Waals surface area contributed by atoms with Gasteiger partial charge in [-0.3, -0.25) is 0 Å². The van der Waals surface area contributed by atoms with E-state index in [9.17, 15) is 13.2 Å². The van der Waals surface area contributed by atoms with Gasteiger partial charge in [0.15, 0.2) is 11.5 Å². The predicted octanol–water partition coefficient (Wildman–Crippen LogP) is 2.74. The number of rotatable bonds is 4. The number of fused-ring (bicyclic) bond motifs is 1. The first kappa shape index (κ1) is 16.7. The smallest absolute Gasteiger partial charge is 0.354 e. The predicted molar refractivity (Wildman–Crippen MR) is 83.8 cm³/mol. The van der Waals surface area contributed by atoms with Crippen LogP contribution in [0.3, 0.4) is 0 Å². The number of halogens is 3. The highest BCUT2D eigenvalue weighted by atomic mass is 19.4. The molecule has 9 heteroatoms. The first-order chi connectivity index (χ1) is 11.9. The average Bonchev–Trinajstić information content (AvgIpc) is 2.96. The van der Waals surface area contributed by atoms with Crippen molar-refractivity contribution in [3.05, 3.63) is 53.3 Å². The molecule has 0 aliphatic rings. The Bertz CT molecular complexity index is 924. The summed E-state index contributed by atoms with van der Waals surface area (Å²) >= 11 is 0. The lowest BCUT2D eigenvalue weighted by Crippen LogP contribution is -2.20. The maximum Gasteiger partial charge on any atom is 0.396 e. The average molecular weight is 346 g/mol. The number of hydrogen-bond donors (Lipinski definition) is 0. The van der Waals surface area contributed by atoms with E-state index in [1.165, 1.54) is 0 Å². The van der Waals surface area contributed by atoms with Crippen molar-refractivity contribution in [1.29, 1.82) is 5.26 Å². The van der Waals surface area contributed by atoms with Crippen molar-refractivity contribution in [3.63, 3.8) is 0 Å². The van der Waals surface area contributed by atoms with E-state index in [1.807, 2.05) is 18.2 Å². The number of alkyl halides is 3. The largest absolute Gasteiger partial charge is 0.396 e. The van der Waals surface area contributed by atoms with Crippen molar-refractivity contribution in [2.45, 2.75) is 19.1 Å². The van der Waals surface area contributed by atoms with Gasteiger partial charge in [-0.2, -0.15) is 22.9 Å². The van der Waals surface area contributed by atoms with Crippen molar-refractivity contribution in [2.75, 3.05) is 11.9 Å². The molecular weight excluding hydrogens is 333 g/mol. The number of anilines is 1. The Balaban J connectivity index is 1.84. The number of nitrogens with zero attached hydrogens (tertiary/aromatic N) is 6. The molecule has 0 aliphatic heterocycles. The van der Waals surface area contributed by atoms with Gasteiger partial charge in [0, 0.05) is 13.6 Å². The Morgan fingerprint density at radius 2 is 1.84 bits per heavy atom. The summed E-state index contributed by atoms with van der Waals surface area (Å²) in [5.74, 6) is 0.233. The molecule has 0 aliphatic carbocycles. The van der Waals surface area contributed by atoms with Crippen LogP contribution in [0, 0.1) is 11.3 Å². The third-order valence-corrected chi connectivity index (χ3v) is 3.57. The minimum atomic E-state index is -4.38. The van der Waals surface area contributed by atoms with E-state index in [-0.39, 0.29) is 11.5 Å². The molecule has 128 valence electrons. The molecule has 0 fully saturated rings. The Labute approximate surface area is 141 Å². The Morgan fingerprint density at radius 3 is 2.48 bits per heavy atom. The van der Waals surface area contributed by atoms with Gasteiger partial charge >= 0.3 is 6.18 Å². The molecule has 0 N–H and O–H groups in total. The second kappa shape index (κ2) is 6.39. The van der Waals surface area contributed by atoms with Crippen LogP contribution >= 0.6 is 0 Å². The molecular formula is C16H13F3N6. The van der Waals surface area contributed by atoms with Crippen LogP contribution in [0.25, 0.3) is 5.65 Å². The van der Waals surface area contributed by atoms with Crippen molar-refractivity contribution in [2.24, 2.45) is 0 Å². The van der Waals surface area contributed by atoms with Gasteiger partial charge in [-0.25, -0.2) is 0 Å². The van der Waals surface area contributed by atoms with Gasteiger partial charge in [-0.15, -0.1) is 15.3 Å². The van der Waals surface area contributed by atoms with Crippen LogP contribution in [0.2, 0.25) is 0 Å². The van der Waals surface area contributed by atoms with Gasteiger partial charge in [0.05, 0.1) is 11.6 Å². The Hall–Kier alpha value is -3.15. The van der Waals surface area contributed by atoms with E-state index < -0.39 is 12.6 Å². The van der Waals surface area contributed by atoms with Gasteiger partial charge in [-0.1, -0.05) is 12.1 Å². The fourth-order valence-corrected chi connectivity index (χ4v) is 2.36. The lowest BCUT2D eigenvalue weighted by atomic mass is 10.1. The van der Waals surface area contributed by atoms with Crippen LogP contribution in [-0.4, -0.2) is 33.0 Å². The first-order valence-corrected chi connectivity index (χ1v) is 7.34. The zero-order chi connectivity index (χ0) is 18.0. The monoisotopic (exact) mass is 346 g/mol. The Kier molecular flexibility index (Phi) is 4.27. The Morgan fingerprint density at radius 1 is 1.12 bits per heavy atom. The van der Waals surface area contributed by atoms with Gasteiger partial charge in [-0.05, 0) is 29.8 Å². The van der Waals surface area contributed by atoms with Crippen molar-refractivity contribution >= 4 is 11.5 Å². The van der Waals surface area contributed by atoms with Crippen LogP contribution in [0.5, 0.6) is 0 Å². The zero-order valence-electron chi connectivity index (χ0n) is 13.2. The second-order valence-electron chi connectivity index (χ2n) is 5.53. The number of hydrogen-bond acceptors (Lipinski definition) is 5. The fourth-order valence-electron chi connectivity index (χ4n) is 2.36. The zero-order valence-corrected chi connectivity index (χ0v) is 13.2. The van der Waals surface area contributed by atoms with Crippen molar-refractivity contribution in [1.82, 2.24) is 19.8 Å². The maximum absolute atomic E-state index is 12.6. The summed E-state index contributed by atoms with van der Waals surface area (Å²) in [6.45, 7) is 0.487. The van der Waals surface area contributed by atoms with Crippen LogP contribution in [0.15, 0.2) is 36.4 Å².